The number of thiophene rings is 1. The van der Waals surface area contributed by atoms with E-state index in [4.69, 9.17) is 0 Å². The van der Waals surface area contributed by atoms with E-state index in [9.17, 15) is 0 Å². The lowest BCUT2D eigenvalue weighted by Crippen LogP contribution is -1.80. The lowest BCUT2D eigenvalue weighted by atomic mass is 10.1. The Morgan fingerprint density at radius 1 is 1.25 bits per heavy atom. The van der Waals surface area contributed by atoms with Crippen molar-refractivity contribution in [3.8, 4) is 0 Å². The van der Waals surface area contributed by atoms with E-state index in [1.807, 2.05) is 0 Å². The van der Waals surface area contributed by atoms with Gasteiger partial charge in [-0.1, -0.05) is 6.07 Å². The smallest absolute Gasteiger partial charge is 0.0357 e. The Morgan fingerprint density at radius 2 is 2.00 bits per heavy atom. The van der Waals surface area contributed by atoms with Gasteiger partial charge in [0.2, 0.25) is 0 Å². The molecule has 1 heterocycles. The lowest BCUT2D eigenvalue weighted by molar-refractivity contribution is 1.37. The van der Waals surface area contributed by atoms with Crippen molar-refractivity contribution in [1.82, 2.24) is 0 Å². The van der Waals surface area contributed by atoms with Crippen LogP contribution in [0.15, 0.2) is 22.4 Å². The average molecular weight is 194 g/mol. The molecule has 0 nitrogen and oxygen atoms in total. The van der Waals surface area contributed by atoms with Crippen molar-refractivity contribution in [3.63, 3.8) is 0 Å². The van der Waals surface area contributed by atoms with Crippen LogP contribution in [-0.4, -0.2) is 0 Å². The fraction of sp³-hybridized carbons (Fsp3) is 0.200. The van der Waals surface area contributed by atoms with Crippen molar-refractivity contribution < 1.29 is 0 Å². The molecular weight excluding hydrogens is 184 g/mol. The van der Waals surface area contributed by atoms with Gasteiger partial charge < -0.3 is 0 Å². The summed E-state index contributed by atoms with van der Waals surface area (Å²) in [5, 5.41) is 3.42. The predicted octanol–water partition coefficient (Wildman–Crippen LogP) is 3.81. The second-order valence-electron chi connectivity index (χ2n) is 3.00. The zero-order valence-electron chi connectivity index (χ0n) is 7.09. The number of hydrogen-bond donors (Lipinski definition) is 1. The summed E-state index contributed by atoms with van der Waals surface area (Å²) in [6.45, 7) is 4.30. The van der Waals surface area contributed by atoms with Gasteiger partial charge in [-0.25, -0.2) is 0 Å². The van der Waals surface area contributed by atoms with Crippen molar-refractivity contribution >= 4 is 34.1 Å². The van der Waals surface area contributed by atoms with Crippen LogP contribution in [0.1, 0.15) is 11.1 Å². The summed E-state index contributed by atoms with van der Waals surface area (Å²) < 4.78 is 1.34. The third-order valence-corrected chi connectivity index (χ3v) is 3.73. The number of benzene rings is 1. The van der Waals surface area contributed by atoms with Crippen LogP contribution in [0.25, 0.3) is 10.1 Å². The van der Waals surface area contributed by atoms with Crippen LogP contribution < -0.4 is 0 Å². The molecule has 2 aromatic rings. The van der Waals surface area contributed by atoms with Crippen LogP contribution in [0, 0.1) is 13.8 Å². The van der Waals surface area contributed by atoms with Crippen molar-refractivity contribution in [1.29, 1.82) is 0 Å². The van der Waals surface area contributed by atoms with E-state index in [1.54, 1.807) is 11.3 Å². The maximum Gasteiger partial charge on any atom is 0.0357 e. The third-order valence-electron chi connectivity index (χ3n) is 2.25. The van der Waals surface area contributed by atoms with E-state index in [0.29, 0.717) is 0 Å². The van der Waals surface area contributed by atoms with E-state index in [-0.39, 0.29) is 0 Å². The van der Waals surface area contributed by atoms with Crippen LogP contribution >= 0.6 is 24.0 Å². The number of thiol groups is 1. The van der Waals surface area contributed by atoms with Gasteiger partial charge in [-0.05, 0) is 31.0 Å². The van der Waals surface area contributed by atoms with Crippen LogP contribution in [0.4, 0.5) is 0 Å². The maximum absolute atomic E-state index is 4.43. The molecule has 12 heavy (non-hydrogen) atoms. The van der Waals surface area contributed by atoms with Crippen LogP contribution in [-0.2, 0) is 0 Å². The second-order valence-corrected chi connectivity index (χ2v) is 4.39. The topological polar surface area (TPSA) is 0 Å². The number of fused-ring (bicyclic) bond motifs is 1. The van der Waals surface area contributed by atoms with Gasteiger partial charge in [0.1, 0.15) is 0 Å². The number of hydrogen-bond acceptors (Lipinski definition) is 2. The zero-order chi connectivity index (χ0) is 8.72. The molecule has 0 N–H and O–H groups in total. The van der Waals surface area contributed by atoms with E-state index >= 15 is 0 Å². The minimum Gasteiger partial charge on any atom is -0.143 e. The Hall–Kier alpha value is -0.470. The van der Waals surface area contributed by atoms with E-state index in [0.717, 1.165) is 4.90 Å². The van der Waals surface area contributed by atoms with Crippen molar-refractivity contribution in [2.24, 2.45) is 0 Å². The number of rotatable bonds is 0. The summed E-state index contributed by atoms with van der Waals surface area (Å²) in [6, 6.07) is 4.34. The molecule has 0 aliphatic rings. The summed E-state index contributed by atoms with van der Waals surface area (Å²) >= 11 is 6.19. The predicted molar refractivity (Wildman–Crippen MR) is 58.6 cm³/mol. The molecule has 0 saturated carbocycles. The third kappa shape index (κ3) is 1.06. The molecule has 0 amide bonds. The zero-order valence-corrected chi connectivity index (χ0v) is 8.80. The molecule has 2 rings (SSSR count). The molecule has 62 valence electrons. The fourth-order valence-electron chi connectivity index (χ4n) is 1.39. The Kier molecular flexibility index (Phi) is 1.89. The molecule has 1 aromatic carbocycles. The highest BCUT2D eigenvalue weighted by molar-refractivity contribution is 7.80. The van der Waals surface area contributed by atoms with Gasteiger partial charge in [0.05, 0.1) is 0 Å². The number of aryl methyl sites for hydroxylation is 2. The van der Waals surface area contributed by atoms with Gasteiger partial charge in [0.15, 0.2) is 0 Å². The summed E-state index contributed by atoms with van der Waals surface area (Å²) in [5.41, 5.74) is 2.70. The Balaban J connectivity index is 2.96. The summed E-state index contributed by atoms with van der Waals surface area (Å²) in [6.07, 6.45) is 0. The van der Waals surface area contributed by atoms with Gasteiger partial charge in [0.25, 0.3) is 0 Å². The molecule has 0 atom stereocenters. The fourth-order valence-corrected chi connectivity index (χ4v) is 2.79. The molecule has 0 fully saturated rings. The highest BCUT2D eigenvalue weighted by Crippen LogP contribution is 2.32. The lowest BCUT2D eigenvalue weighted by Gasteiger charge is -2.01. The molecule has 0 aliphatic heterocycles. The van der Waals surface area contributed by atoms with Gasteiger partial charge in [-0.15, -0.1) is 24.0 Å². The molecule has 0 radical (unpaired) electrons. The minimum atomic E-state index is 1.11. The Labute approximate surface area is 81.6 Å². The molecule has 0 saturated heterocycles. The molecule has 0 unspecified atom stereocenters. The van der Waals surface area contributed by atoms with Crippen molar-refractivity contribution in [3.05, 3.63) is 28.6 Å². The van der Waals surface area contributed by atoms with Gasteiger partial charge >= 0.3 is 0 Å². The molecule has 0 aliphatic carbocycles. The molecule has 0 spiro atoms. The summed E-state index contributed by atoms with van der Waals surface area (Å²) in [4.78, 5) is 1.11. The largest absolute Gasteiger partial charge is 0.143 e. The Bertz CT molecular complexity index is 427. The van der Waals surface area contributed by atoms with Gasteiger partial charge in [-0.2, -0.15) is 0 Å². The second kappa shape index (κ2) is 2.79. The average Bonchev–Trinajstić information content (AvgIpc) is 2.41. The molecule has 1 aromatic heterocycles. The Morgan fingerprint density at radius 3 is 2.75 bits per heavy atom. The van der Waals surface area contributed by atoms with E-state index in [1.165, 1.54) is 21.2 Å². The first kappa shape index (κ1) is 8.14. The quantitative estimate of drug-likeness (QED) is 0.606. The first-order valence-corrected chi connectivity index (χ1v) is 5.19. The monoisotopic (exact) mass is 194 g/mol. The van der Waals surface area contributed by atoms with Gasteiger partial charge in [0, 0.05) is 20.4 Å². The highest BCUT2D eigenvalue weighted by Gasteiger charge is 2.04. The SMILES string of the molecule is Cc1ccc2scc(S)c2c1C. The summed E-state index contributed by atoms with van der Waals surface area (Å²) in [7, 11) is 0. The standard InChI is InChI=1S/C10H10S2/c1-6-3-4-9-10(7(6)2)8(11)5-12-9/h3-5,11H,1-2H3. The van der Waals surface area contributed by atoms with Crippen molar-refractivity contribution in [2.75, 3.05) is 0 Å². The van der Waals surface area contributed by atoms with Gasteiger partial charge in [-0.3, -0.25) is 0 Å². The maximum atomic E-state index is 4.43. The van der Waals surface area contributed by atoms with Crippen LogP contribution in [0.2, 0.25) is 0 Å². The summed E-state index contributed by atoms with van der Waals surface area (Å²) in [5.74, 6) is 0. The minimum absolute atomic E-state index is 1.11. The van der Waals surface area contributed by atoms with E-state index < -0.39 is 0 Å². The van der Waals surface area contributed by atoms with Crippen LogP contribution in [0.5, 0.6) is 0 Å². The first-order valence-electron chi connectivity index (χ1n) is 3.86. The highest BCUT2D eigenvalue weighted by atomic mass is 32.1. The van der Waals surface area contributed by atoms with Crippen LogP contribution in [0.3, 0.4) is 0 Å². The molecular formula is C10H10S2. The molecule has 2 heteroatoms. The van der Waals surface area contributed by atoms with Crippen molar-refractivity contribution in [2.45, 2.75) is 18.7 Å². The van der Waals surface area contributed by atoms with E-state index in [2.05, 4.69) is 44.0 Å². The molecule has 0 bridgehead atoms. The normalized spacial score (nSPS) is 10.9. The first-order chi connectivity index (χ1) is 5.70.